The summed E-state index contributed by atoms with van der Waals surface area (Å²) in [6.45, 7) is 16.1. The number of likely N-dealkylation sites (tertiary alicyclic amines) is 1. The third kappa shape index (κ3) is 15.1. The number of fused-ring (bicyclic) bond motifs is 1. The van der Waals surface area contributed by atoms with Gasteiger partial charge in [0.25, 0.3) is 0 Å². The maximum atomic E-state index is 14.5. The molecule has 4 heterocycles. The van der Waals surface area contributed by atoms with Gasteiger partial charge in [-0.3, -0.25) is 28.9 Å². The normalized spacial score (nSPS) is 17.3. The van der Waals surface area contributed by atoms with Crippen LogP contribution in [-0.4, -0.2) is 114 Å². The SMILES string of the molecule is CC(C)C[C@H](NC(=O)[C@H](CCc1ccccc1)NC(=O)CN1CCC(CCn2ccc3cc(-n4c(-c5cc(C(C)C)c(O)cc5O)n[nH]c4=O)ccc32)CC1)C(=O)C[C@@H](Cc1ccccc1)C(=O)N[C@@H](CC(C)C)C(=O)[C@@]1(C)CO1. The highest BCUT2D eigenvalue weighted by Crippen LogP contribution is 2.38. The van der Waals surface area contributed by atoms with Gasteiger partial charge in [-0.25, -0.2) is 14.5 Å². The fourth-order valence-electron chi connectivity index (χ4n) is 11.1. The molecule has 0 bridgehead atoms. The van der Waals surface area contributed by atoms with Gasteiger partial charge in [-0.1, -0.05) is 102 Å². The highest BCUT2D eigenvalue weighted by Gasteiger charge is 2.50. The Balaban J connectivity index is 0.883. The van der Waals surface area contributed by atoms with E-state index in [0.29, 0.717) is 68.1 Å². The van der Waals surface area contributed by atoms with Crippen LogP contribution in [0, 0.1) is 23.7 Å². The number of benzene rings is 4. The number of carbonyl (C=O) groups excluding carboxylic acids is 5. The fourth-order valence-corrected chi connectivity index (χ4v) is 11.1. The molecule has 5 atom stereocenters. The lowest BCUT2D eigenvalue weighted by molar-refractivity contribution is -0.135. The molecule has 6 aromatic rings. The maximum absolute atomic E-state index is 14.5. The Labute approximate surface area is 468 Å². The summed E-state index contributed by atoms with van der Waals surface area (Å²) >= 11 is 0. The number of phenols is 2. The largest absolute Gasteiger partial charge is 0.508 e. The molecule has 3 amide bonds. The van der Waals surface area contributed by atoms with E-state index in [2.05, 4.69) is 35.6 Å². The summed E-state index contributed by atoms with van der Waals surface area (Å²) in [6.07, 6.45) is 6.43. The van der Waals surface area contributed by atoms with Gasteiger partial charge < -0.3 is 35.5 Å². The molecule has 17 heteroatoms. The Kier molecular flexibility index (Phi) is 19.3. The van der Waals surface area contributed by atoms with Gasteiger partial charge in [0.1, 0.15) is 23.1 Å². The molecule has 0 aliphatic carbocycles. The minimum absolute atomic E-state index is 0.0135. The van der Waals surface area contributed by atoms with Crippen molar-refractivity contribution in [1.82, 2.24) is 40.2 Å². The molecule has 0 radical (unpaired) electrons. The van der Waals surface area contributed by atoms with E-state index in [1.54, 1.807) is 13.0 Å². The lowest BCUT2D eigenvalue weighted by Gasteiger charge is -2.32. The van der Waals surface area contributed by atoms with Gasteiger partial charge in [-0.15, -0.1) is 0 Å². The van der Waals surface area contributed by atoms with Crippen molar-refractivity contribution >= 4 is 40.2 Å². The molecule has 2 aliphatic rings. The highest BCUT2D eigenvalue weighted by atomic mass is 16.6. The number of amides is 3. The number of ether oxygens (including phenoxy) is 1. The van der Waals surface area contributed by atoms with Crippen molar-refractivity contribution in [1.29, 1.82) is 0 Å². The van der Waals surface area contributed by atoms with Gasteiger partial charge in [-0.2, -0.15) is 5.10 Å². The molecule has 2 saturated heterocycles. The van der Waals surface area contributed by atoms with E-state index in [4.69, 9.17) is 4.74 Å². The lowest BCUT2D eigenvalue weighted by Crippen LogP contribution is -2.54. The number of phenolic OH excluding ortho intramolecular Hbond substituents is 2. The number of hydrogen-bond acceptors (Lipinski definition) is 11. The molecule has 0 unspecified atom stereocenters. The standard InChI is InChI=1S/C63H80N8O9/c1-39(2)30-51(56(74)34-46(32-44-16-12-9-13-17-44)60(77)66-52(31-40(3)4)58(76)63(7)38-80-63)65-61(78)50(20-18-42-14-10-8-11-15-42)64-57(75)37-69-26-22-43(23-27-69)24-28-70-29-25-45-33-47(19-21-53(45)70)71-59(67-68-62(71)79)49-35-48(41(5)6)54(72)36-55(49)73/h8-17,19,21,25,29,33,35-36,39-41,43,46,50-52,72-73H,18,20,22-24,26-28,30-32,34,37-38H2,1-7H3,(H,64,75)(H,65,78)(H,66,77)(H,68,79)/t46-,50+,51+,52+,63-/m1/s1. The summed E-state index contributed by atoms with van der Waals surface area (Å²) in [5, 5.41) is 38.0. The van der Waals surface area contributed by atoms with Crippen LogP contribution in [0.15, 0.2) is 108 Å². The van der Waals surface area contributed by atoms with Gasteiger partial charge in [0.2, 0.25) is 17.7 Å². The van der Waals surface area contributed by atoms with Gasteiger partial charge >= 0.3 is 5.69 Å². The number of nitrogens with zero attached hydrogens (tertiary/aromatic N) is 4. The van der Waals surface area contributed by atoms with Crippen molar-refractivity contribution in [2.24, 2.45) is 23.7 Å². The van der Waals surface area contributed by atoms with E-state index in [1.807, 2.05) is 133 Å². The Morgan fingerprint density at radius 1 is 0.775 bits per heavy atom. The van der Waals surface area contributed by atoms with Gasteiger partial charge in [0, 0.05) is 42.0 Å². The monoisotopic (exact) mass is 1090 g/mol. The second kappa shape index (κ2) is 26.3. The number of aromatic amines is 1. The van der Waals surface area contributed by atoms with Crippen LogP contribution in [0.4, 0.5) is 0 Å². The molecule has 0 spiro atoms. The smallest absolute Gasteiger partial charge is 0.348 e. The summed E-state index contributed by atoms with van der Waals surface area (Å²) in [4.78, 5) is 86.0. The Bertz CT molecular complexity index is 3170. The first-order valence-electron chi connectivity index (χ1n) is 28.5. The molecule has 2 fully saturated rings. The van der Waals surface area contributed by atoms with E-state index in [1.165, 1.54) is 10.6 Å². The molecule has 2 aliphatic heterocycles. The van der Waals surface area contributed by atoms with E-state index in [9.17, 15) is 39.0 Å². The minimum atomic E-state index is -0.936. The highest BCUT2D eigenvalue weighted by molar-refractivity contribution is 5.98. The maximum Gasteiger partial charge on any atom is 0.348 e. The summed E-state index contributed by atoms with van der Waals surface area (Å²) < 4.78 is 9.10. The van der Waals surface area contributed by atoms with E-state index >= 15 is 0 Å². The Morgan fingerprint density at radius 3 is 2.08 bits per heavy atom. The van der Waals surface area contributed by atoms with Crippen LogP contribution in [0.25, 0.3) is 28.0 Å². The lowest BCUT2D eigenvalue weighted by atomic mass is 9.87. The zero-order valence-corrected chi connectivity index (χ0v) is 47.4. The zero-order chi connectivity index (χ0) is 57.3. The van der Waals surface area contributed by atoms with Crippen LogP contribution in [0.2, 0.25) is 0 Å². The quantitative estimate of drug-likeness (QED) is 0.0269. The molecule has 6 N–H and O–H groups in total. The number of hydrogen-bond donors (Lipinski definition) is 6. The summed E-state index contributed by atoms with van der Waals surface area (Å²) in [5.74, 6) is -1.90. The van der Waals surface area contributed by atoms with Crippen molar-refractivity contribution < 1.29 is 38.9 Å². The van der Waals surface area contributed by atoms with Crippen molar-refractivity contribution in [2.45, 2.75) is 142 Å². The number of aromatic nitrogens is 4. The first-order valence-corrected chi connectivity index (χ1v) is 28.5. The van der Waals surface area contributed by atoms with Crippen molar-refractivity contribution in [2.75, 3.05) is 26.2 Å². The number of rotatable bonds is 27. The molecule has 8 rings (SSSR count). The van der Waals surface area contributed by atoms with Gasteiger partial charge in [0.05, 0.1) is 36.5 Å². The summed E-state index contributed by atoms with van der Waals surface area (Å²) in [5.41, 5.74) is 3.02. The molecule has 426 valence electrons. The fraction of sp³-hybridized carbons (Fsp3) is 0.476. The van der Waals surface area contributed by atoms with Crippen LogP contribution in [0.5, 0.6) is 11.5 Å². The van der Waals surface area contributed by atoms with Crippen LogP contribution < -0.4 is 21.6 Å². The number of aromatic hydroxyl groups is 2. The average Bonchev–Trinajstić information content (AvgIpc) is 3.87. The topological polar surface area (TPSA) is 233 Å². The predicted molar refractivity (Wildman–Crippen MR) is 308 cm³/mol. The first kappa shape index (κ1) is 58.8. The zero-order valence-electron chi connectivity index (χ0n) is 47.4. The van der Waals surface area contributed by atoms with Crippen LogP contribution in [0.3, 0.4) is 0 Å². The van der Waals surface area contributed by atoms with E-state index in [0.717, 1.165) is 47.8 Å². The predicted octanol–water partition coefficient (Wildman–Crippen LogP) is 8.17. The van der Waals surface area contributed by atoms with E-state index < -0.39 is 47.1 Å². The molecule has 2 aromatic heterocycles. The Hall–Kier alpha value is -7.37. The second-order valence-electron chi connectivity index (χ2n) is 23.5. The second-order valence-corrected chi connectivity index (χ2v) is 23.5. The number of carbonyl (C=O) groups is 5. The number of nitrogens with one attached hydrogen (secondary N) is 4. The number of epoxide rings is 1. The molecule has 17 nitrogen and oxygen atoms in total. The molecular weight excluding hydrogens is 1010 g/mol. The first-order chi connectivity index (χ1) is 38.2. The minimum Gasteiger partial charge on any atom is -0.508 e. The molecule has 4 aromatic carbocycles. The van der Waals surface area contributed by atoms with Crippen molar-refractivity contribution in [3.8, 4) is 28.6 Å². The number of piperidine rings is 1. The summed E-state index contributed by atoms with van der Waals surface area (Å²) in [6, 6.07) is 27.3. The third-order valence-electron chi connectivity index (χ3n) is 15.8. The molecule has 80 heavy (non-hydrogen) atoms. The van der Waals surface area contributed by atoms with Crippen LogP contribution >= 0.6 is 0 Å². The summed E-state index contributed by atoms with van der Waals surface area (Å²) in [7, 11) is 0. The van der Waals surface area contributed by atoms with Crippen molar-refractivity contribution in [3.63, 3.8) is 0 Å². The molecular formula is C63H80N8O9. The third-order valence-corrected chi connectivity index (χ3v) is 15.8. The van der Waals surface area contributed by atoms with Crippen molar-refractivity contribution in [3.05, 3.63) is 130 Å². The number of Topliss-reactive ketones (excluding diaryl/α,β-unsaturated/α-hetero) is 2. The number of H-pyrrole nitrogens is 1. The van der Waals surface area contributed by atoms with Gasteiger partial charge in [0.15, 0.2) is 17.4 Å². The number of ketones is 2. The average molecular weight is 1090 g/mol. The van der Waals surface area contributed by atoms with Crippen LogP contribution in [0.1, 0.15) is 116 Å². The number of aryl methyl sites for hydroxylation is 2. The van der Waals surface area contributed by atoms with Crippen LogP contribution in [-0.2, 0) is 48.1 Å². The Morgan fingerprint density at radius 2 is 1.43 bits per heavy atom. The van der Waals surface area contributed by atoms with Gasteiger partial charge in [-0.05, 0) is 142 Å². The molecule has 0 saturated carbocycles. The van der Waals surface area contributed by atoms with E-state index in [-0.39, 0.29) is 71.9 Å².